The highest BCUT2D eigenvalue weighted by Crippen LogP contribution is 2.17. The zero-order valence-electron chi connectivity index (χ0n) is 9.64. The molecule has 0 aliphatic heterocycles. The van der Waals surface area contributed by atoms with Gasteiger partial charge in [-0.25, -0.2) is 0 Å². The summed E-state index contributed by atoms with van der Waals surface area (Å²) in [6.07, 6.45) is 7.32. The van der Waals surface area contributed by atoms with Crippen molar-refractivity contribution in [3.05, 3.63) is 0 Å². The van der Waals surface area contributed by atoms with Crippen LogP contribution in [0.2, 0.25) is 0 Å². The van der Waals surface area contributed by atoms with E-state index in [0.717, 1.165) is 32.0 Å². The Bertz CT molecular complexity index is 210. The van der Waals surface area contributed by atoms with Crippen molar-refractivity contribution in [1.82, 2.24) is 4.90 Å². The van der Waals surface area contributed by atoms with E-state index in [2.05, 4.69) is 12.1 Å². The van der Waals surface area contributed by atoms with Gasteiger partial charge in [-0.2, -0.15) is 11.8 Å². The van der Waals surface area contributed by atoms with Crippen molar-refractivity contribution in [3.8, 4) is 0 Å². The summed E-state index contributed by atoms with van der Waals surface area (Å²) in [5.41, 5.74) is 0. The molecule has 1 unspecified atom stereocenters. The lowest BCUT2D eigenvalue weighted by molar-refractivity contribution is -0.125. The molecule has 1 N–H and O–H groups in total. The molecule has 5 heteroatoms. The van der Waals surface area contributed by atoms with Crippen LogP contribution in [0.25, 0.3) is 0 Å². The summed E-state index contributed by atoms with van der Waals surface area (Å²) < 4.78 is 0. The number of carbonyl (C=O) groups excluding carboxylic acids is 1. The van der Waals surface area contributed by atoms with E-state index in [4.69, 9.17) is 5.21 Å². The van der Waals surface area contributed by atoms with E-state index < -0.39 is 0 Å². The van der Waals surface area contributed by atoms with Crippen molar-refractivity contribution < 1.29 is 10.0 Å². The van der Waals surface area contributed by atoms with Crippen molar-refractivity contribution in [2.24, 2.45) is 5.16 Å². The highest BCUT2D eigenvalue weighted by molar-refractivity contribution is 7.99. The third-order valence-electron chi connectivity index (χ3n) is 2.20. The molecular weight excluding hydrogens is 212 g/mol. The molecule has 88 valence electrons. The Kier molecular flexibility index (Phi) is 8.18. The first-order valence-electron chi connectivity index (χ1n) is 5.14. The van der Waals surface area contributed by atoms with Gasteiger partial charge in [0.05, 0.1) is 5.25 Å². The first-order valence-corrected chi connectivity index (χ1v) is 6.43. The maximum absolute atomic E-state index is 11.8. The second kappa shape index (κ2) is 8.59. The minimum absolute atomic E-state index is 0.00333. The van der Waals surface area contributed by atoms with E-state index in [0.29, 0.717) is 0 Å². The van der Waals surface area contributed by atoms with Gasteiger partial charge in [0, 0.05) is 7.05 Å². The summed E-state index contributed by atoms with van der Waals surface area (Å²) in [6.45, 7) is 2.14. The first-order chi connectivity index (χ1) is 7.17. The second-order valence-electron chi connectivity index (χ2n) is 3.40. The average Bonchev–Trinajstić information content (AvgIpc) is 2.24. The van der Waals surface area contributed by atoms with Gasteiger partial charge in [-0.05, 0) is 12.7 Å². The molecule has 1 amide bonds. The van der Waals surface area contributed by atoms with Crippen LogP contribution < -0.4 is 0 Å². The zero-order valence-corrected chi connectivity index (χ0v) is 10.5. The van der Waals surface area contributed by atoms with Crippen LogP contribution >= 0.6 is 11.8 Å². The Morgan fingerprint density at radius 3 is 2.73 bits per heavy atom. The van der Waals surface area contributed by atoms with Crippen LogP contribution in [0.3, 0.4) is 0 Å². The number of rotatable bonds is 7. The predicted molar refractivity (Wildman–Crippen MR) is 64.5 cm³/mol. The fourth-order valence-corrected chi connectivity index (χ4v) is 2.05. The molecule has 0 aliphatic carbocycles. The maximum Gasteiger partial charge on any atom is 0.240 e. The van der Waals surface area contributed by atoms with E-state index in [9.17, 15) is 4.79 Å². The number of carbonyl (C=O) groups is 1. The number of nitrogens with zero attached hydrogens (tertiary/aromatic N) is 2. The van der Waals surface area contributed by atoms with E-state index in [1.165, 1.54) is 4.90 Å². The Morgan fingerprint density at radius 1 is 1.60 bits per heavy atom. The normalized spacial score (nSPS) is 13.0. The van der Waals surface area contributed by atoms with Gasteiger partial charge >= 0.3 is 0 Å². The van der Waals surface area contributed by atoms with Gasteiger partial charge in [0.2, 0.25) is 5.91 Å². The van der Waals surface area contributed by atoms with Crippen molar-refractivity contribution >= 4 is 24.0 Å². The average molecular weight is 232 g/mol. The van der Waals surface area contributed by atoms with Crippen molar-refractivity contribution in [2.45, 2.75) is 37.9 Å². The second-order valence-corrected chi connectivity index (χ2v) is 4.44. The van der Waals surface area contributed by atoms with Crippen LogP contribution in [0.1, 0.15) is 32.6 Å². The monoisotopic (exact) mass is 232 g/mol. The lowest BCUT2D eigenvalue weighted by Crippen LogP contribution is -2.33. The highest BCUT2D eigenvalue weighted by Gasteiger charge is 2.19. The summed E-state index contributed by atoms with van der Waals surface area (Å²) in [5.74, 6) is -0.00333. The molecule has 0 saturated heterocycles. The first kappa shape index (κ1) is 14.3. The van der Waals surface area contributed by atoms with Gasteiger partial charge in [0.15, 0.2) is 0 Å². The smallest absolute Gasteiger partial charge is 0.240 e. The molecule has 0 saturated carbocycles. The number of amides is 1. The Labute approximate surface area is 95.7 Å². The third kappa shape index (κ3) is 5.67. The van der Waals surface area contributed by atoms with Crippen molar-refractivity contribution in [1.29, 1.82) is 0 Å². The molecule has 0 aromatic carbocycles. The lowest BCUT2D eigenvalue weighted by Gasteiger charge is -2.18. The minimum atomic E-state index is -0.0282. The fourth-order valence-electron chi connectivity index (χ4n) is 1.28. The molecule has 0 spiro atoms. The molecule has 0 bridgehead atoms. The number of hydrogen-bond acceptors (Lipinski definition) is 4. The number of oxime groups is 1. The van der Waals surface area contributed by atoms with Gasteiger partial charge in [-0.1, -0.05) is 31.3 Å². The van der Waals surface area contributed by atoms with Crippen LogP contribution in [0.5, 0.6) is 0 Å². The molecule has 0 aromatic heterocycles. The van der Waals surface area contributed by atoms with E-state index in [-0.39, 0.29) is 11.2 Å². The zero-order chi connectivity index (χ0) is 11.7. The van der Waals surface area contributed by atoms with Crippen molar-refractivity contribution in [3.63, 3.8) is 0 Å². The molecule has 0 fully saturated rings. The van der Waals surface area contributed by atoms with Crippen LogP contribution in [-0.4, -0.2) is 40.9 Å². The minimum Gasteiger partial charge on any atom is -0.410 e. The Balaban J connectivity index is 4.09. The number of hydrogen-bond donors (Lipinski definition) is 1. The topological polar surface area (TPSA) is 52.9 Å². The molecule has 0 radical (unpaired) electrons. The van der Waals surface area contributed by atoms with Gasteiger partial charge < -0.3 is 10.1 Å². The molecule has 0 aliphatic rings. The molecule has 0 heterocycles. The van der Waals surface area contributed by atoms with Crippen molar-refractivity contribution in [2.75, 3.05) is 13.3 Å². The molecular formula is C10H20N2O2S. The lowest BCUT2D eigenvalue weighted by atomic mass is 10.1. The largest absolute Gasteiger partial charge is 0.410 e. The van der Waals surface area contributed by atoms with Gasteiger partial charge in [0.1, 0.15) is 6.34 Å². The van der Waals surface area contributed by atoms with E-state index in [1.54, 1.807) is 18.8 Å². The quantitative estimate of drug-likeness (QED) is 0.241. The standard InChI is InChI=1S/C10H20N2O2S/c1-4-5-6-7-9(15-3)10(13)12(2)8-11-14/h8-9,14H,4-7H2,1-3H3. The summed E-state index contributed by atoms with van der Waals surface area (Å²) >= 11 is 1.55. The Hall–Kier alpha value is -0.710. The highest BCUT2D eigenvalue weighted by atomic mass is 32.2. The SMILES string of the molecule is CCCCCC(SC)C(=O)N(C)C=NO. The summed E-state index contributed by atoms with van der Waals surface area (Å²) in [7, 11) is 1.60. The van der Waals surface area contributed by atoms with Crippen LogP contribution in [-0.2, 0) is 4.79 Å². The number of unbranched alkanes of at least 4 members (excludes halogenated alkanes) is 2. The molecule has 0 aromatic rings. The fraction of sp³-hybridized carbons (Fsp3) is 0.800. The van der Waals surface area contributed by atoms with Gasteiger partial charge in [-0.3, -0.25) is 4.79 Å². The molecule has 4 nitrogen and oxygen atoms in total. The summed E-state index contributed by atoms with van der Waals surface area (Å²) in [5, 5.41) is 11.1. The van der Waals surface area contributed by atoms with E-state index in [1.807, 2.05) is 6.26 Å². The third-order valence-corrected chi connectivity index (χ3v) is 3.21. The maximum atomic E-state index is 11.8. The molecule has 0 rings (SSSR count). The summed E-state index contributed by atoms with van der Waals surface area (Å²) in [6, 6.07) is 0. The van der Waals surface area contributed by atoms with Gasteiger partial charge in [-0.15, -0.1) is 0 Å². The molecule has 15 heavy (non-hydrogen) atoms. The van der Waals surface area contributed by atoms with Gasteiger partial charge in [0.25, 0.3) is 0 Å². The Morgan fingerprint density at radius 2 is 2.27 bits per heavy atom. The van der Waals surface area contributed by atoms with Crippen LogP contribution in [0.15, 0.2) is 5.16 Å². The molecule has 1 atom stereocenters. The summed E-state index contributed by atoms with van der Waals surface area (Å²) in [4.78, 5) is 13.1. The van der Waals surface area contributed by atoms with E-state index >= 15 is 0 Å². The predicted octanol–water partition coefficient (Wildman–Crippen LogP) is 2.17. The number of thioether (sulfide) groups is 1. The van der Waals surface area contributed by atoms with Crippen LogP contribution in [0, 0.1) is 0 Å². The van der Waals surface area contributed by atoms with Crippen LogP contribution in [0.4, 0.5) is 0 Å².